The largest absolute Gasteiger partial charge is 0.481 e. The van der Waals surface area contributed by atoms with E-state index in [0.717, 1.165) is 6.26 Å². The summed E-state index contributed by atoms with van der Waals surface area (Å²) in [6.07, 6.45) is 1.02. The molecule has 8 heteroatoms. The van der Waals surface area contributed by atoms with E-state index in [-0.39, 0.29) is 13.2 Å². The highest BCUT2D eigenvalue weighted by molar-refractivity contribution is 7.85. The van der Waals surface area contributed by atoms with Crippen molar-refractivity contribution in [3.05, 3.63) is 23.8 Å². The van der Waals surface area contributed by atoms with E-state index in [1.165, 1.54) is 0 Å². The lowest BCUT2D eigenvalue weighted by molar-refractivity contribution is -0.142. The fraction of sp³-hybridized carbons (Fsp3) is 0.417. The Morgan fingerprint density at radius 1 is 1.40 bits per heavy atom. The van der Waals surface area contributed by atoms with Gasteiger partial charge in [0.2, 0.25) is 6.79 Å². The minimum Gasteiger partial charge on any atom is -0.481 e. The van der Waals surface area contributed by atoms with E-state index in [9.17, 15) is 13.2 Å². The van der Waals surface area contributed by atoms with Crippen molar-refractivity contribution in [2.45, 2.75) is 6.42 Å². The van der Waals surface area contributed by atoms with Crippen LogP contribution in [0.15, 0.2) is 18.2 Å². The molecular weight excluding hydrogens is 288 g/mol. The van der Waals surface area contributed by atoms with Crippen LogP contribution in [0.4, 0.5) is 0 Å². The summed E-state index contributed by atoms with van der Waals surface area (Å²) in [6.45, 7) is -0.263. The van der Waals surface area contributed by atoms with Crippen LogP contribution in [0.25, 0.3) is 0 Å². The maximum Gasteiger partial charge on any atom is 0.309 e. The summed E-state index contributed by atoms with van der Waals surface area (Å²) in [5, 5.41) is 9.09. The first-order valence-electron chi connectivity index (χ1n) is 5.81. The number of hydrogen-bond donors (Lipinski definition) is 1. The summed E-state index contributed by atoms with van der Waals surface area (Å²) in [5.41, 5.74) is 0.707. The molecule has 1 heterocycles. The average Bonchev–Trinajstić information content (AvgIpc) is 2.80. The summed E-state index contributed by atoms with van der Waals surface area (Å²) < 4.78 is 36.7. The van der Waals surface area contributed by atoms with Crippen LogP contribution in [-0.2, 0) is 25.5 Å². The zero-order valence-electron chi connectivity index (χ0n) is 10.7. The summed E-state index contributed by atoms with van der Waals surface area (Å²) >= 11 is 0. The molecule has 1 aliphatic heterocycles. The number of carboxylic acid groups (broad SMARTS) is 1. The van der Waals surface area contributed by atoms with Gasteiger partial charge >= 0.3 is 5.97 Å². The molecule has 0 saturated heterocycles. The molecule has 1 aliphatic rings. The molecule has 7 nitrogen and oxygen atoms in total. The third-order valence-electron chi connectivity index (χ3n) is 2.75. The Kier molecular flexibility index (Phi) is 4.15. The van der Waals surface area contributed by atoms with Crippen molar-refractivity contribution < 1.29 is 32.0 Å². The molecule has 0 spiro atoms. The zero-order chi connectivity index (χ0) is 14.8. The summed E-state index contributed by atoms with van der Waals surface area (Å²) in [5.74, 6) is -0.917. The average molecular weight is 302 g/mol. The van der Waals surface area contributed by atoms with E-state index in [1.54, 1.807) is 18.2 Å². The van der Waals surface area contributed by atoms with Gasteiger partial charge in [0.1, 0.15) is 0 Å². The van der Waals surface area contributed by atoms with Crippen molar-refractivity contribution in [2.24, 2.45) is 5.92 Å². The lowest BCUT2D eigenvalue weighted by atomic mass is 10.00. The summed E-state index contributed by atoms with van der Waals surface area (Å²) in [7, 11) is -3.66. The Morgan fingerprint density at radius 2 is 2.10 bits per heavy atom. The zero-order valence-corrected chi connectivity index (χ0v) is 11.6. The molecule has 0 amide bonds. The fourth-order valence-electron chi connectivity index (χ4n) is 1.78. The second-order valence-electron chi connectivity index (χ2n) is 4.42. The van der Waals surface area contributed by atoms with Crippen molar-refractivity contribution in [2.75, 3.05) is 19.7 Å². The molecule has 1 aromatic carbocycles. The first kappa shape index (κ1) is 14.6. The molecule has 0 fully saturated rings. The van der Waals surface area contributed by atoms with E-state index in [0.29, 0.717) is 17.1 Å². The van der Waals surface area contributed by atoms with E-state index < -0.39 is 28.6 Å². The van der Waals surface area contributed by atoms with Crippen LogP contribution in [0.2, 0.25) is 0 Å². The molecule has 20 heavy (non-hydrogen) atoms. The van der Waals surface area contributed by atoms with Gasteiger partial charge < -0.3 is 14.6 Å². The molecule has 0 saturated carbocycles. The van der Waals surface area contributed by atoms with Gasteiger partial charge in [-0.3, -0.25) is 8.98 Å². The summed E-state index contributed by atoms with van der Waals surface area (Å²) in [4.78, 5) is 11.1. The third kappa shape index (κ3) is 3.84. The van der Waals surface area contributed by atoms with Gasteiger partial charge in [-0.2, -0.15) is 8.42 Å². The molecule has 1 aromatic rings. The third-order valence-corrected chi connectivity index (χ3v) is 3.32. The minimum atomic E-state index is -3.66. The first-order valence-corrected chi connectivity index (χ1v) is 7.62. The van der Waals surface area contributed by atoms with Gasteiger partial charge in [0.05, 0.1) is 18.8 Å². The standard InChI is InChI=1S/C12H14O7S/c1-20(15,16)19-6-9(12(13)14)4-8-2-3-10-11(5-8)18-7-17-10/h2-3,5,9H,4,6-7H2,1H3,(H,13,14)/t9-/m1/s1. The number of rotatable bonds is 6. The molecule has 1 atom stereocenters. The van der Waals surface area contributed by atoms with Crippen LogP contribution < -0.4 is 9.47 Å². The lowest BCUT2D eigenvalue weighted by Crippen LogP contribution is -2.23. The van der Waals surface area contributed by atoms with Gasteiger partial charge in [-0.1, -0.05) is 6.07 Å². The van der Waals surface area contributed by atoms with Crippen LogP contribution >= 0.6 is 0 Å². The smallest absolute Gasteiger partial charge is 0.309 e. The molecule has 110 valence electrons. The Balaban J connectivity index is 2.06. The Morgan fingerprint density at radius 3 is 2.75 bits per heavy atom. The van der Waals surface area contributed by atoms with E-state index in [4.69, 9.17) is 14.6 Å². The number of fused-ring (bicyclic) bond motifs is 1. The quantitative estimate of drug-likeness (QED) is 0.769. The van der Waals surface area contributed by atoms with E-state index >= 15 is 0 Å². The van der Waals surface area contributed by atoms with E-state index in [1.807, 2.05) is 0 Å². The second kappa shape index (κ2) is 5.68. The molecule has 1 N–H and O–H groups in total. The maximum absolute atomic E-state index is 11.1. The van der Waals surface area contributed by atoms with Gasteiger partial charge in [-0.15, -0.1) is 0 Å². The number of benzene rings is 1. The van der Waals surface area contributed by atoms with Crippen molar-refractivity contribution in [1.29, 1.82) is 0 Å². The van der Waals surface area contributed by atoms with Crippen LogP contribution in [0.5, 0.6) is 11.5 Å². The van der Waals surface area contributed by atoms with Crippen molar-refractivity contribution in [1.82, 2.24) is 0 Å². The molecule has 0 unspecified atom stereocenters. The van der Waals surface area contributed by atoms with Gasteiger partial charge in [0.25, 0.3) is 10.1 Å². The Bertz CT molecular complexity index is 608. The minimum absolute atomic E-state index is 0.137. The van der Waals surface area contributed by atoms with Gasteiger partial charge in [0, 0.05) is 0 Å². The van der Waals surface area contributed by atoms with Crippen LogP contribution in [-0.4, -0.2) is 39.1 Å². The van der Waals surface area contributed by atoms with Crippen molar-refractivity contribution in [3.63, 3.8) is 0 Å². The van der Waals surface area contributed by atoms with Crippen LogP contribution in [0, 0.1) is 5.92 Å². The number of carbonyl (C=O) groups is 1. The topological polar surface area (TPSA) is 99.1 Å². The summed E-state index contributed by atoms with van der Waals surface area (Å²) in [6, 6.07) is 5.08. The first-order chi connectivity index (χ1) is 9.35. The monoisotopic (exact) mass is 302 g/mol. The SMILES string of the molecule is CS(=O)(=O)OC[C@@H](Cc1ccc2c(c1)OCO2)C(=O)O. The number of aliphatic carboxylic acids is 1. The molecular formula is C12H14O7S. The molecule has 0 radical (unpaired) electrons. The van der Waals surface area contributed by atoms with Crippen molar-refractivity contribution in [3.8, 4) is 11.5 Å². The van der Waals surface area contributed by atoms with Crippen LogP contribution in [0.3, 0.4) is 0 Å². The van der Waals surface area contributed by atoms with Crippen LogP contribution in [0.1, 0.15) is 5.56 Å². The number of carboxylic acids is 1. The van der Waals surface area contributed by atoms with Gasteiger partial charge in [0.15, 0.2) is 11.5 Å². The highest BCUT2D eigenvalue weighted by atomic mass is 32.2. The molecule has 0 aliphatic carbocycles. The van der Waals surface area contributed by atoms with Gasteiger partial charge in [-0.25, -0.2) is 0 Å². The molecule has 0 aromatic heterocycles. The number of ether oxygens (including phenoxy) is 2. The second-order valence-corrected chi connectivity index (χ2v) is 6.06. The highest BCUT2D eigenvalue weighted by Crippen LogP contribution is 2.33. The molecule has 0 bridgehead atoms. The highest BCUT2D eigenvalue weighted by Gasteiger charge is 2.22. The predicted octanol–water partition coefficient (Wildman–Crippen LogP) is 0.635. The van der Waals surface area contributed by atoms with E-state index in [2.05, 4.69) is 4.18 Å². The van der Waals surface area contributed by atoms with Crippen molar-refractivity contribution >= 4 is 16.1 Å². The normalized spacial score (nSPS) is 15.1. The maximum atomic E-state index is 11.1. The lowest BCUT2D eigenvalue weighted by Gasteiger charge is -2.12. The Hall–Kier alpha value is -1.80. The molecule has 2 rings (SSSR count). The Labute approximate surface area is 116 Å². The predicted molar refractivity (Wildman–Crippen MR) is 68.2 cm³/mol. The number of hydrogen-bond acceptors (Lipinski definition) is 6. The van der Waals surface area contributed by atoms with Gasteiger partial charge in [-0.05, 0) is 24.1 Å². The fourth-order valence-corrected chi connectivity index (χ4v) is 2.19.